The Morgan fingerprint density at radius 1 is 1.07 bits per heavy atom. The highest BCUT2D eigenvalue weighted by Crippen LogP contribution is 2.16. The Kier molecular flexibility index (Phi) is 5.31. The lowest BCUT2D eigenvalue weighted by atomic mass is 10.3. The highest BCUT2D eigenvalue weighted by Gasteiger charge is 2.21. The van der Waals surface area contributed by atoms with Crippen molar-refractivity contribution in [3.05, 3.63) is 38.3 Å². The molecule has 0 unspecified atom stereocenters. The Morgan fingerprint density at radius 2 is 1.81 bits per heavy atom. The highest BCUT2D eigenvalue weighted by atomic mass is 16.5. The zero-order valence-corrected chi connectivity index (χ0v) is 16.5. The van der Waals surface area contributed by atoms with Crippen molar-refractivity contribution in [2.45, 2.75) is 40.2 Å². The van der Waals surface area contributed by atoms with E-state index in [2.05, 4.69) is 10.1 Å². The molecule has 0 aliphatic heterocycles. The van der Waals surface area contributed by atoms with Crippen molar-refractivity contribution in [1.29, 1.82) is 0 Å². The van der Waals surface area contributed by atoms with E-state index in [1.165, 1.54) is 9.13 Å². The van der Waals surface area contributed by atoms with Gasteiger partial charge in [0.15, 0.2) is 11.2 Å². The van der Waals surface area contributed by atoms with E-state index < -0.39 is 5.69 Å². The molecule has 0 bridgehead atoms. The first-order chi connectivity index (χ1) is 12.9. The summed E-state index contributed by atoms with van der Waals surface area (Å²) in [7, 11) is 3.40. The van der Waals surface area contributed by atoms with Crippen molar-refractivity contribution in [2.24, 2.45) is 14.1 Å². The maximum atomic E-state index is 13.0. The second kappa shape index (κ2) is 7.51. The molecule has 9 nitrogen and oxygen atoms in total. The second-order valence-corrected chi connectivity index (χ2v) is 6.38. The molecule has 0 fully saturated rings. The Bertz CT molecular complexity index is 1090. The SMILES string of the molecule is CCOCCn1c(=O)c2c(nc(-n3nc(CC)cc3CC)n2C)n(C)c1=O. The predicted molar refractivity (Wildman–Crippen MR) is 103 cm³/mol. The highest BCUT2D eigenvalue weighted by molar-refractivity contribution is 5.72. The molecule has 3 aromatic heterocycles. The van der Waals surface area contributed by atoms with Crippen molar-refractivity contribution >= 4 is 11.2 Å². The van der Waals surface area contributed by atoms with Gasteiger partial charge in [0.1, 0.15) is 0 Å². The molecule has 0 aliphatic rings. The van der Waals surface area contributed by atoms with Gasteiger partial charge in [-0.05, 0) is 25.8 Å². The summed E-state index contributed by atoms with van der Waals surface area (Å²) in [6.45, 7) is 7.01. The van der Waals surface area contributed by atoms with Gasteiger partial charge in [0.2, 0.25) is 5.95 Å². The van der Waals surface area contributed by atoms with Gasteiger partial charge in [0.25, 0.3) is 5.56 Å². The summed E-state index contributed by atoms with van der Waals surface area (Å²) in [4.78, 5) is 30.2. The number of hydrogen-bond donors (Lipinski definition) is 0. The monoisotopic (exact) mass is 374 g/mol. The van der Waals surface area contributed by atoms with Crippen LogP contribution in [0.2, 0.25) is 0 Å². The lowest BCUT2D eigenvalue weighted by Gasteiger charge is -2.08. The number of imidazole rings is 1. The molecule has 9 heteroatoms. The van der Waals surface area contributed by atoms with Crippen LogP contribution in [0.3, 0.4) is 0 Å². The molecule has 0 N–H and O–H groups in total. The minimum atomic E-state index is -0.401. The zero-order valence-electron chi connectivity index (χ0n) is 16.5. The van der Waals surface area contributed by atoms with E-state index in [0.717, 1.165) is 24.2 Å². The number of aryl methyl sites for hydroxylation is 4. The summed E-state index contributed by atoms with van der Waals surface area (Å²) in [6, 6.07) is 2.04. The van der Waals surface area contributed by atoms with E-state index in [4.69, 9.17) is 4.74 Å². The Labute approximate surface area is 156 Å². The predicted octanol–water partition coefficient (Wildman–Crippen LogP) is 0.781. The average molecular weight is 374 g/mol. The van der Waals surface area contributed by atoms with Crippen molar-refractivity contribution in [2.75, 3.05) is 13.2 Å². The fourth-order valence-electron chi connectivity index (χ4n) is 3.19. The quantitative estimate of drug-likeness (QED) is 0.570. The van der Waals surface area contributed by atoms with Gasteiger partial charge in [0, 0.05) is 26.4 Å². The van der Waals surface area contributed by atoms with Gasteiger partial charge in [-0.1, -0.05) is 13.8 Å². The molecule has 0 saturated heterocycles. The van der Waals surface area contributed by atoms with Gasteiger partial charge in [-0.3, -0.25) is 13.9 Å². The minimum absolute atomic E-state index is 0.206. The first-order valence-electron chi connectivity index (χ1n) is 9.26. The van der Waals surface area contributed by atoms with Crippen LogP contribution < -0.4 is 11.2 Å². The molecule has 27 heavy (non-hydrogen) atoms. The summed E-state index contributed by atoms with van der Waals surface area (Å²) in [5.74, 6) is 0.524. The van der Waals surface area contributed by atoms with Gasteiger partial charge in [-0.2, -0.15) is 10.1 Å². The Balaban J connectivity index is 2.25. The third-order valence-electron chi connectivity index (χ3n) is 4.75. The topological polar surface area (TPSA) is 88.9 Å². The van der Waals surface area contributed by atoms with E-state index in [-0.39, 0.29) is 12.1 Å². The molecule has 0 atom stereocenters. The van der Waals surface area contributed by atoms with Crippen molar-refractivity contribution in [1.82, 2.24) is 28.5 Å². The molecule has 0 saturated carbocycles. The average Bonchev–Trinajstić information content (AvgIpc) is 3.23. The number of rotatable bonds is 7. The second-order valence-electron chi connectivity index (χ2n) is 6.38. The third-order valence-corrected chi connectivity index (χ3v) is 4.75. The van der Waals surface area contributed by atoms with Crippen molar-refractivity contribution < 1.29 is 4.74 Å². The summed E-state index contributed by atoms with van der Waals surface area (Å²) >= 11 is 0. The fourth-order valence-corrected chi connectivity index (χ4v) is 3.19. The summed E-state index contributed by atoms with van der Waals surface area (Å²) < 4.78 is 11.4. The summed E-state index contributed by atoms with van der Waals surface area (Å²) in [5, 5.41) is 4.61. The van der Waals surface area contributed by atoms with Gasteiger partial charge in [-0.15, -0.1) is 0 Å². The smallest absolute Gasteiger partial charge is 0.332 e. The van der Waals surface area contributed by atoms with Crippen LogP contribution in [0, 0.1) is 0 Å². The molecular weight excluding hydrogens is 348 g/mol. The van der Waals surface area contributed by atoms with Gasteiger partial charge >= 0.3 is 5.69 Å². The maximum absolute atomic E-state index is 13.0. The maximum Gasteiger partial charge on any atom is 0.332 e. The standard InChI is InChI=1S/C18H26N6O3/c1-6-12-11-13(7-2)24(20-12)17-19-15-14(21(17)4)16(25)23(9-10-27-8-3)18(26)22(15)5/h11H,6-10H2,1-5H3. The third kappa shape index (κ3) is 3.12. The molecule has 0 aliphatic carbocycles. The number of ether oxygens (including phenoxy) is 1. The van der Waals surface area contributed by atoms with Crippen LogP contribution >= 0.6 is 0 Å². The fraction of sp³-hybridized carbons (Fsp3) is 0.556. The zero-order chi connectivity index (χ0) is 19.7. The first-order valence-corrected chi connectivity index (χ1v) is 9.26. The molecule has 3 aromatic rings. The normalized spacial score (nSPS) is 11.6. The van der Waals surface area contributed by atoms with E-state index in [9.17, 15) is 9.59 Å². The van der Waals surface area contributed by atoms with Crippen LogP contribution in [0.15, 0.2) is 15.7 Å². The van der Waals surface area contributed by atoms with E-state index in [1.807, 2.05) is 26.8 Å². The number of hydrogen-bond acceptors (Lipinski definition) is 5. The number of fused-ring (bicyclic) bond motifs is 1. The van der Waals surface area contributed by atoms with Crippen LogP contribution in [-0.2, 0) is 38.2 Å². The molecule has 3 heterocycles. The Hall–Kier alpha value is -2.68. The molecule has 0 amide bonds. The summed E-state index contributed by atoms with van der Waals surface area (Å²) in [6.07, 6.45) is 1.60. The molecule has 146 valence electrons. The molecular formula is C18H26N6O3. The van der Waals surface area contributed by atoms with Gasteiger partial charge in [0.05, 0.1) is 18.8 Å². The van der Waals surface area contributed by atoms with Crippen LogP contribution in [0.1, 0.15) is 32.2 Å². The Morgan fingerprint density at radius 3 is 2.44 bits per heavy atom. The van der Waals surface area contributed by atoms with E-state index in [1.54, 1.807) is 23.3 Å². The van der Waals surface area contributed by atoms with Crippen LogP contribution in [0.5, 0.6) is 0 Å². The lowest BCUT2D eigenvalue weighted by Crippen LogP contribution is -2.40. The summed E-state index contributed by atoms with van der Waals surface area (Å²) in [5.41, 5.74) is 1.93. The molecule has 0 spiro atoms. The van der Waals surface area contributed by atoms with Crippen LogP contribution in [0.4, 0.5) is 0 Å². The largest absolute Gasteiger partial charge is 0.380 e. The van der Waals surface area contributed by atoms with Crippen LogP contribution in [0.25, 0.3) is 17.1 Å². The number of aromatic nitrogens is 6. The molecule has 0 radical (unpaired) electrons. The van der Waals surface area contributed by atoms with E-state index >= 15 is 0 Å². The molecule has 0 aromatic carbocycles. The van der Waals surface area contributed by atoms with E-state index in [0.29, 0.717) is 30.3 Å². The molecule has 3 rings (SSSR count). The van der Waals surface area contributed by atoms with Gasteiger partial charge < -0.3 is 9.30 Å². The van der Waals surface area contributed by atoms with Crippen LogP contribution in [-0.4, -0.2) is 41.7 Å². The lowest BCUT2D eigenvalue weighted by molar-refractivity contribution is 0.137. The first kappa shape index (κ1) is 19.1. The van der Waals surface area contributed by atoms with Crippen molar-refractivity contribution in [3.63, 3.8) is 0 Å². The number of nitrogens with zero attached hydrogens (tertiary/aromatic N) is 6. The van der Waals surface area contributed by atoms with Gasteiger partial charge in [-0.25, -0.2) is 9.48 Å². The van der Waals surface area contributed by atoms with Crippen molar-refractivity contribution in [3.8, 4) is 5.95 Å². The minimum Gasteiger partial charge on any atom is -0.380 e.